The van der Waals surface area contributed by atoms with Crippen molar-refractivity contribution in [2.45, 2.75) is 37.8 Å². The van der Waals surface area contributed by atoms with Crippen molar-refractivity contribution >= 4 is 34.3 Å². The summed E-state index contributed by atoms with van der Waals surface area (Å²) in [5.41, 5.74) is 0.951. The summed E-state index contributed by atoms with van der Waals surface area (Å²) in [6.45, 7) is 1.53. The van der Waals surface area contributed by atoms with Gasteiger partial charge in [0.15, 0.2) is 0 Å². The molecular weight excluding hydrogens is 456 g/mol. The van der Waals surface area contributed by atoms with Gasteiger partial charge in [-0.3, -0.25) is 9.59 Å². The largest absolute Gasteiger partial charge is 0.506 e. The topological polar surface area (TPSA) is 102 Å². The van der Waals surface area contributed by atoms with Crippen LogP contribution in [0.1, 0.15) is 36.0 Å². The van der Waals surface area contributed by atoms with Crippen molar-refractivity contribution < 1.29 is 19.5 Å². The molecule has 3 aromatic rings. The number of amides is 4. The smallest absolute Gasteiger partial charge is 0.319 e. The first-order valence-electron chi connectivity index (χ1n) is 12.4. The van der Waals surface area contributed by atoms with Crippen LogP contribution in [-0.4, -0.2) is 64.5 Å². The molecule has 2 aliphatic rings. The number of rotatable bonds is 4. The van der Waals surface area contributed by atoms with Gasteiger partial charge in [-0.1, -0.05) is 48.5 Å². The van der Waals surface area contributed by atoms with Gasteiger partial charge < -0.3 is 25.5 Å². The van der Waals surface area contributed by atoms with E-state index in [-0.39, 0.29) is 35.2 Å². The lowest BCUT2D eigenvalue weighted by molar-refractivity contribution is -0.136. The molecule has 0 bridgehead atoms. The van der Waals surface area contributed by atoms with E-state index < -0.39 is 6.04 Å². The van der Waals surface area contributed by atoms with Crippen molar-refractivity contribution in [3.05, 3.63) is 72.3 Å². The molecule has 0 spiro atoms. The highest BCUT2D eigenvalue weighted by atomic mass is 16.3. The van der Waals surface area contributed by atoms with Gasteiger partial charge in [0.05, 0.1) is 5.56 Å². The Morgan fingerprint density at radius 3 is 2.33 bits per heavy atom. The Balaban J connectivity index is 1.19. The number of para-hydroxylation sites is 1. The van der Waals surface area contributed by atoms with Gasteiger partial charge in [0.1, 0.15) is 11.8 Å². The van der Waals surface area contributed by atoms with Crippen molar-refractivity contribution in [1.29, 1.82) is 0 Å². The molecule has 0 aliphatic carbocycles. The first-order chi connectivity index (χ1) is 17.5. The lowest BCUT2D eigenvalue weighted by Crippen LogP contribution is -2.52. The first-order valence-corrected chi connectivity index (χ1v) is 12.4. The molecule has 186 valence electrons. The van der Waals surface area contributed by atoms with Gasteiger partial charge >= 0.3 is 6.03 Å². The van der Waals surface area contributed by atoms with Gasteiger partial charge in [0, 0.05) is 36.7 Å². The van der Waals surface area contributed by atoms with E-state index in [9.17, 15) is 19.5 Å². The van der Waals surface area contributed by atoms with Gasteiger partial charge in [-0.2, -0.15) is 0 Å². The zero-order chi connectivity index (χ0) is 25.1. The number of benzene rings is 3. The normalized spacial score (nSPS) is 18.3. The van der Waals surface area contributed by atoms with Crippen LogP contribution in [-0.2, 0) is 4.79 Å². The number of anilines is 1. The summed E-state index contributed by atoms with van der Waals surface area (Å²) >= 11 is 0. The third-order valence-electron chi connectivity index (χ3n) is 7.10. The highest BCUT2D eigenvalue weighted by molar-refractivity contribution is 6.05. The lowest BCUT2D eigenvalue weighted by atomic mass is 10.0. The molecule has 0 saturated carbocycles. The summed E-state index contributed by atoms with van der Waals surface area (Å²) in [5.74, 6) is -0.423. The molecule has 0 radical (unpaired) electrons. The number of hydrogen-bond donors (Lipinski definition) is 3. The maximum Gasteiger partial charge on any atom is 0.319 e. The van der Waals surface area contributed by atoms with E-state index in [1.165, 1.54) is 0 Å². The van der Waals surface area contributed by atoms with Gasteiger partial charge in [-0.15, -0.1) is 0 Å². The zero-order valence-electron chi connectivity index (χ0n) is 20.0. The van der Waals surface area contributed by atoms with Crippen LogP contribution in [0.25, 0.3) is 10.8 Å². The maximum atomic E-state index is 13.4. The van der Waals surface area contributed by atoms with Crippen LogP contribution in [0.4, 0.5) is 10.5 Å². The minimum absolute atomic E-state index is 0.0198. The van der Waals surface area contributed by atoms with Gasteiger partial charge in [-0.25, -0.2) is 4.79 Å². The van der Waals surface area contributed by atoms with Crippen LogP contribution < -0.4 is 10.6 Å². The number of fused-ring (bicyclic) bond motifs is 1. The van der Waals surface area contributed by atoms with E-state index >= 15 is 0 Å². The fourth-order valence-electron chi connectivity index (χ4n) is 5.18. The third-order valence-corrected chi connectivity index (χ3v) is 7.10. The summed E-state index contributed by atoms with van der Waals surface area (Å²) in [6.07, 6.45) is 2.66. The van der Waals surface area contributed by atoms with Crippen molar-refractivity contribution in [1.82, 2.24) is 15.1 Å². The monoisotopic (exact) mass is 486 g/mol. The van der Waals surface area contributed by atoms with Crippen LogP contribution in [0.2, 0.25) is 0 Å². The number of nitrogens with zero attached hydrogens (tertiary/aromatic N) is 2. The van der Waals surface area contributed by atoms with Crippen LogP contribution in [0, 0.1) is 0 Å². The quantitative estimate of drug-likeness (QED) is 0.519. The van der Waals surface area contributed by atoms with Gasteiger partial charge in [0.25, 0.3) is 5.91 Å². The molecule has 2 saturated heterocycles. The Bertz CT molecular complexity index is 1270. The molecule has 2 aliphatic heterocycles. The Morgan fingerprint density at radius 1 is 0.833 bits per heavy atom. The standard InChI is InChI=1S/C28H30N4O4/c33-25-22-10-5-4-7-19(22)12-13-23(25)26(34)32-16-6-11-24(32)27(35)31-17-14-21(15-18-31)30-28(36)29-20-8-2-1-3-9-20/h1-5,7-10,12-13,21,24,33H,6,11,14-18H2,(H2,29,30,36). The average Bonchev–Trinajstić information content (AvgIpc) is 3.39. The number of hydrogen-bond acceptors (Lipinski definition) is 4. The van der Waals surface area contributed by atoms with E-state index in [1.54, 1.807) is 21.9 Å². The average molecular weight is 487 g/mol. The van der Waals surface area contributed by atoms with Crippen LogP contribution in [0.15, 0.2) is 66.7 Å². The van der Waals surface area contributed by atoms with Gasteiger partial charge in [0.2, 0.25) is 5.91 Å². The predicted octanol–water partition coefficient (Wildman–Crippen LogP) is 3.96. The fourth-order valence-corrected chi connectivity index (χ4v) is 5.18. The second-order valence-corrected chi connectivity index (χ2v) is 9.40. The summed E-state index contributed by atoms with van der Waals surface area (Å²) in [5, 5.41) is 18.1. The van der Waals surface area contributed by atoms with E-state index in [2.05, 4.69) is 10.6 Å². The molecule has 2 heterocycles. The zero-order valence-corrected chi connectivity index (χ0v) is 20.0. The highest BCUT2D eigenvalue weighted by Crippen LogP contribution is 2.32. The lowest BCUT2D eigenvalue weighted by Gasteiger charge is -2.35. The molecule has 8 nitrogen and oxygen atoms in total. The fraction of sp³-hybridized carbons (Fsp3) is 0.321. The third kappa shape index (κ3) is 4.84. The summed E-state index contributed by atoms with van der Waals surface area (Å²) in [7, 11) is 0. The number of carbonyl (C=O) groups excluding carboxylic acids is 3. The molecule has 2 fully saturated rings. The van der Waals surface area contributed by atoms with Crippen molar-refractivity contribution in [3.8, 4) is 5.75 Å². The Hall–Kier alpha value is -4.07. The Kier molecular flexibility index (Phi) is 6.75. The Morgan fingerprint density at radius 2 is 1.56 bits per heavy atom. The number of phenols is 1. The van der Waals surface area contributed by atoms with Crippen LogP contribution >= 0.6 is 0 Å². The number of carbonyl (C=O) groups is 3. The summed E-state index contributed by atoms with van der Waals surface area (Å²) in [4.78, 5) is 42.5. The molecule has 5 rings (SSSR count). The molecule has 3 N–H and O–H groups in total. The van der Waals surface area contributed by atoms with Crippen LogP contribution in [0.5, 0.6) is 5.75 Å². The minimum Gasteiger partial charge on any atom is -0.506 e. The number of nitrogens with one attached hydrogen (secondary N) is 2. The molecule has 1 atom stereocenters. The van der Waals surface area contributed by atoms with Crippen LogP contribution in [0.3, 0.4) is 0 Å². The minimum atomic E-state index is -0.533. The molecule has 1 unspecified atom stereocenters. The molecule has 0 aromatic heterocycles. The number of aromatic hydroxyl groups is 1. The van der Waals surface area contributed by atoms with Crippen molar-refractivity contribution in [2.75, 3.05) is 25.0 Å². The summed E-state index contributed by atoms with van der Waals surface area (Å²) in [6, 6.07) is 19.3. The molecular formula is C28H30N4O4. The number of piperidine rings is 1. The second kappa shape index (κ2) is 10.3. The van der Waals surface area contributed by atoms with Crippen molar-refractivity contribution in [2.24, 2.45) is 0 Å². The SMILES string of the molecule is O=C(Nc1ccccc1)NC1CCN(C(=O)C2CCCN2C(=O)c2ccc3ccccc3c2O)CC1. The summed E-state index contributed by atoms with van der Waals surface area (Å²) < 4.78 is 0. The Labute approximate surface area is 209 Å². The van der Waals surface area contributed by atoms with Gasteiger partial charge in [-0.05, 0) is 49.3 Å². The van der Waals surface area contributed by atoms with E-state index in [4.69, 9.17) is 0 Å². The highest BCUT2D eigenvalue weighted by Gasteiger charge is 2.38. The molecule has 4 amide bonds. The second-order valence-electron chi connectivity index (χ2n) is 9.40. The van der Waals surface area contributed by atoms with Crippen molar-refractivity contribution in [3.63, 3.8) is 0 Å². The first kappa shape index (κ1) is 23.7. The van der Waals surface area contributed by atoms with E-state index in [0.717, 1.165) is 17.5 Å². The number of urea groups is 1. The molecule has 8 heteroatoms. The molecule has 36 heavy (non-hydrogen) atoms. The molecule has 3 aromatic carbocycles. The van der Waals surface area contributed by atoms with E-state index in [1.807, 2.05) is 54.6 Å². The number of phenolic OH excluding ortho intramolecular Hbond substituents is 1. The predicted molar refractivity (Wildman–Crippen MR) is 138 cm³/mol. The maximum absolute atomic E-state index is 13.4. The van der Waals surface area contributed by atoms with E-state index in [0.29, 0.717) is 44.3 Å². The number of likely N-dealkylation sites (tertiary alicyclic amines) is 2.